The molecule has 0 unspecified atom stereocenters. The van der Waals surface area contributed by atoms with Crippen LogP contribution in [0.15, 0.2) is 59.3 Å². The molecule has 0 aliphatic carbocycles. The van der Waals surface area contributed by atoms with Gasteiger partial charge in [0.05, 0.1) is 7.11 Å². The molecule has 0 aliphatic rings. The molecule has 5 nitrogen and oxygen atoms in total. The highest BCUT2D eigenvalue weighted by atomic mass is 16.5. The van der Waals surface area contributed by atoms with Gasteiger partial charge in [-0.3, -0.25) is 4.79 Å². The van der Waals surface area contributed by atoms with Gasteiger partial charge in [0.25, 0.3) is 0 Å². The molecule has 0 saturated carbocycles. The summed E-state index contributed by atoms with van der Waals surface area (Å²) in [6, 6.07) is 12.5. The first-order valence-corrected chi connectivity index (χ1v) is 6.06. The Kier molecular flexibility index (Phi) is 3.09. The van der Waals surface area contributed by atoms with E-state index in [9.17, 15) is 4.79 Å². The number of aromatic nitrogens is 2. The van der Waals surface area contributed by atoms with Crippen LogP contribution in [0.3, 0.4) is 0 Å². The summed E-state index contributed by atoms with van der Waals surface area (Å²) in [4.78, 5) is 12.0. The van der Waals surface area contributed by atoms with Crippen molar-refractivity contribution in [2.24, 2.45) is 0 Å². The quantitative estimate of drug-likeness (QED) is 0.733. The highest BCUT2D eigenvalue weighted by Crippen LogP contribution is 2.24. The average Bonchev–Trinajstić information content (AvgIpc) is 3.18. The molecule has 0 spiro atoms. The number of ether oxygens (including phenoxy) is 1. The molecule has 0 fully saturated rings. The lowest BCUT2D eigenvalue weighted by Gasteiger charge is -2.01. The lowest BCUT2D eigenvalue weighted by Crippen LogP contribution is -2.11. The van der Waals surface area contributed by atoms with Gasteiger partial charge in [0.1, 0.15) is 11.5 Å². The first-order valence-electron chi connectivity index (χ1n) is 6.06. The van der Waals surface area contributed by atoms with Gasteiger partial charge in [-0.25, -0.2) is 4.68 Å². The van der Waals surface area contributed by atoms with Gasteiger partial charge in [-0.15, -0.1) is 0 Å². The minimum atomic E-state index is -0.297. The van der Waals surface area contributed by atoms with Gasteiger partial charge in [-0.1, -0.05) is 0 Å². The SMILES string of the molecule is COc1ccc(-c2ccc(C(=O)n3cccn3)o2)cc1. The van der Waals surface area contributed by atoms with E-state index in [2.05, 4.69) is 5.10 Å². The molecule has 3 aromatic rings. The van der Waals surface area contributed by atoms with Gasteiger partial charge in [-0.2, -0.15) is 5.10 Å². The molecule has 0 N–H and O–H groups in total. The Morgan fingerprint density at radius 3 is 2.65 bits per heavy atom. The van der Waals surface area contributed by atoms with Crippen LogP contribution in [0.2, 0.25) is 0 Å². The number of carbonyl (C=O) groups excluding carboxylic acids is 1. The van der Waals surface area contributed by atoms with Crippen molar-refractivity contribution in [1.82, 2.24) is 9.78 Å². The summed E-state index contributed by atoms with van der Waals surface area (Å²) < 4.78 is 11.9. The van der Waals surface area contributed by atoms with E-state index >= 15 is 0 Å². The largest absolute Gasteiger partial charge is 0.497 e. The molecule has 0 atom stereocenters. The molecule has 0 radical (unpaired) electrons. The number of hydrogen-bond acceptors (Lipinski definition) is 4. The van der Waals surface area contributed by atoms with E-state index < -0.39 is 0 Å². The molecule has 20 heavy (non-hydrogen) atoms. The van der Waals surface area contributed by atoms with E-state index in [0.29, 0.717) is 5.76 Å². The van der Waals surface area contributed by atoms with Gasteiger partial charge in [0.15, 0.2) is 5.76 Å². The molecule has 1 aromatic carbocycles. The van der Waals surface area contributed by atoms with Crippen molar-refractivity contribution in [2.45, 2.75) is 0 Å². The maximum Gasteiger partial charge on any atom is 0.313 e. The van der Waals surface area contributed by atoms with Gasteiger partial charge in [0, 0.05) is 18.0 Å². The van der Waals surface area contributed by atoms with Crippen molar-refractivity contribution in [3.8, 4) is 17.1 Å². The molecule has 100 valence electrons. The minimum Gasteiger partial charge on any atom is -0.497 e. The van der Waals surface area contributed by atoms with Crippen LogP contribution in [-0.2, 0) is 0 Å². The van der Waals surface area contributed by atoms with E-state index in [1.54, 1.807) is 37.7 Å². The van der Waals surface area contributed by atoms with E-state index in [4.69, 9.17) is 9.15 Å². The van der Waals surface area contributed by atoms with Gasteiger partial charge < -0.3 is 9.15 Å². The summed E-state index contributed by atoms with van der Waals surface area (Å²) in [5, 5.41) is 3.89. The number of rotatable bonds is 3. The average molecular weight is 268 g/mol. The molecule has 0 amide bonds. The first kappa shape index (κ1) is 12.2. The highest BCUT2D eigenvalue weighted by Gasteiger charge is 2.14. The summed E-state index contributed by atoms with van der Waals surface area (Å²) in [7, 11) is 1.61. The van der Waals surface area contributed by atoms with Gasteiger partial charge in [0.2, 0.25) is 0 Å². The van der Waals surface area contributed by atoms with Crippen LogP contribution in [-0.4, -0.2) is 22.8 Å². The fraction of sp³-hybridized carbons (Fsp3) is 0.0667. The van der Waals surface area contributed by atoms with E-state index in [1.807, 2.05) is 24.3 Å². The van der Waals surface area contributed by atoms with E-state index in [0.717, 1.165) is 11.3 Å². The number of nitrogens with zero attached hydrogens (tertiary/aromatic N) is 2. The second kappa shape index (κ2) is 5.05. The Labute approximate surface area is 115 Å². The highest BCUT2D eigenvalue weighted by molar-refractivity contribution is 5.93. The third-order valence-electron chi connectivity index (χ3n) is 2.90. The zero-order chi connectivity index (χ0) is 13.9. The molecule has 0 aliphatic heterocycles. The van der Waals surface area contributed by atoms with Gasteiger partial charge >= 0.3 is 5.91 Å². The number of benzene rings is 1. The van der Waals surface area contributed by atoms with Crippen molar-refractivity contribution in [3.63, 3.8) is 0 Å². The fourth-order valence-electron chi connectivity index (χ4n) is 1.87. The molecular formula is C15H12N2O3. The van der Waals surface area contributed by atoms with Crippen molar-refractivity contribution in [2.75, 3.05) is 7.11 Å². The summed E-state index contributed by atoms with van der Waals surface area (Å²) in [6.45, 7) is 0. The second-order valence-corrected chi connectivity index (χ2v) is 4.15. The lowest BCUT2D eigenvalue weighted by atomic mass is 10.2. The van der Waals surface area contributed by atoms with Crippen LogP contribution in [0.1, 0.15) is 10.6 Å². The van der Waals surface area contributed by atoms with Crippen LogP contribution in [0.5, 0.6) is 5.75 Å². The number of hydrogen-bond donors (Lipinski definition) is 0. The van der Waals surface area contributed by atoms with Crippen molar-refractivity contribution < 1.29 is 13.9 Å². The minimum absolute atomic E-state index is 0.250. The predicted molar refractivity (Wildman–Crippen MR) is 72.7 cm³/mol. The van der Waals surface area contributed by atoms with E-state index in [-0.39, 0.29) is 11.7 Å². The zero-order valence-electron chi connectivity index (χ0n) is 10.8. The summed E-state index contributed by atoms with van der Waals surface area (Å²) in [6.07, 6.45) is 3.13. The van der Waals surface area contributed by atoms with Crippen LogP contribution >= 0.6 is 0 Å². The topological polar surface area (TPSA) is 57.3 Å². The van der Waals surface area contributed by atoms with Crippen LogP contribution in [0.4, 0.5) is 0 Å². The van der Waals surface area contributed by atoms with E-state index in [1.165, 1.54) is 4.68 Å². The number of furan rings is 1. The molecule has 5 heteroatoms. The molecule has 3 rings (SSSR count). The maximum atomic E-state index is 12.0. The van der Waals surface area contributed by atoms with Crippen LogP contribution in [0.25, 0.3) is 11.3 Å². The fourth-order valence-corrected chi connectivity index (χ4v) is 1.87. The summed E-state index contributed by atoms with van der Waals surface area (Å²) >= 11 is 0. The molecular weight excluding hydrogens is 256 g/mol. The Hall–Kier alpha value is -2.82. The normalized spacial score (nSPS) is 10.4. The third kappa shape index (κ3) is 2.21. The first-order chi connectivity index (χ1) is 9.78. The van der Waals surface area contributed by atoms with Crippen molar-refractivity contribution in [1.29, 1.82) is 0 Å². The molecule has 2 aromatic heterocycles. The third-order valence-corrected chi connectivity index (χ3v) is 2.90. The Morgan fingerprint density at radius 1 is 1.20 bits per heavy atom. The van der Waals surface area contributed by atoms with Crippen molar-refractivity contribution >= 4 is 5.91 Å². The van der Waals surface area contributed by atoms with Crippen LogP contribution < -0.4 is 4.74 Å². The predicted octanol–water partition coefficient (Wildman–Crippen LogP) is 2.84. The zero-order valence-corrected chi connectivity index (χ0v) is 10.8. The monoisotopic (exact) mass is 268 g/mol. The smallest absolute Gasteiger partial charge is 0.313 e. The summed E-state index contributed by atoms with van der Waals surface area (Å²) in [5.41, 5.74) is 0.880. The summed E-state index contributed by atoms with van der Waals surface area (Å²) in [5.74, 6) is 1.35. The number of methoxy groups -OCH3 is 1. The second-order valence-electron chi connectivity index (χ2n) is 4.15. The standard InChI is InChI=1S/C15H12N2O3/c1-19-12-5-3-11(4-6-12)13-7-8-14(20-13)15(18)17-10-2-9-16-17/h2-10H,1H3. The van der Waals surface area contributed by atoms with Crippen molar-refractivity contribution in [3.05, 3.63) is 60.6 Å². The van der Waals surface area contributed by atoms with Gasteiger partial charge in [-0.05, 0) is 42.5 Å². The molecule has 0 saturated heterocycles. The molecule has 2 heterocycles. The number of carbonyl (C=O) groups is 1. The van der Waals surface area contributed by atoms with Crippen LogP contribution in [0, 0.1) is 0 Å². The maximum absolute atomic E-state index is 12.0. The Balaban J connectivity index is 1.88. The Bertz CT molecular complexity index is 712. The Morgan fingerprint density at radius 2 is 2.00 bits per heavy atom. The molecule has 0 bridgehead atoms. The lowest BCUT2D eigenvalue weighted by molar-refractivity contribution is 0.0918.